The van der Waals surface area contributed by atoms with Crippen LogP contribution >= 0.6 is 11.6 Å². The number of nitrogens with one attached hydrogen (secondary N) is 1. The number of amides is 2. The van der Waals surface area contributed by atoms with Gasteiger partial charge in [-0.25, -0.2) is 9.80 Å². The van der Waals surface area contributed by atoms with Crippen LogP contribution in [0.25, 0.3) is 0 Å². The Morgan fingerprint density at radius 2 is 2.00 bits per heavy atom. The number of urea groups is 1. The van der Waals surface area contributed by atoms with E-state index in [0.29, 0.717) is 16.6 Å². The van der Waals surface area contributed by atoms with E-state index in [1.54, 1.807) is 6.07 Å². The minimum absolute atomic E-state index is 0.0764. The maximum Gasteiger partial charge on any atom is 0.336 e. The van der Waals surface area contributed by atoms with E-state index in [0.717, 1.165) is 19.6 Å². The van der Waals surface area contributed by atoms with Crippen LogP contribution in [0.5, 0.6) is 0 Å². The highest BCUT2D eigenvalue weighted by atomic mass is 35.5. The molecular formula is C13H16ClN3O. The molecule has 0 spiro atoms. The molecule has 1 aromatic carbocycles. The zero-order chi connectivity index (χ0) is 12.5. The zero-order valence-electron chi connectivity index (χ0n) is 10.1. The van der Waals surface area contributed by atoms with E-state index in [4.69, 9.17) is 11.6 Å². The van der Waals surface area contributed by atoms with Gasteiger partial charge >= 0.3 is 6.03 Å². The molecule has 0 radical (unpaired) electrons. The molecule has 2 bridgehead atoms. The third kappa shape index (κ3) is 2.18. The van der Waals surface area contributed by atoms with Gasteiger partial charge in [-0.15, -0.1) is 0 Å². The number of anilines is 1. The fourth-order valence-corrected chi connectivity index (χ4v) is 2.84. The summed E-state index contributed by atoms with van der Waals surface area (Å²) in [5.74, 6) is 0.659. The first kappa shape index (κ1) is 11.8. The number of carbonyl (C=O) groups is 1. The Labute approximate surface area is 111 Å². The lowest BCUT2D eigenvalue weighted by atomic mass is 9.94. The molecule has 0 aliphatic carbocycles. The molecule has 0 saturated carbocycles. The lowest BCUT2D eigenvalue weighted by Crippen LogP contribution is -2.58. The Bertz CT molecular complexity index is 457. The predicted octanol–water partition coefficient (Wildman–Crippen LogP) is 2.81. The predicted molar refractivity (Wildman–Crippen MR) is 71.5 cm³/mol. The molecule has 3 heterocycles. The number of benzene rings is 1. The molecule has 3 fully saturated rings. The Morgan fingerprint density at radius 3 is 2.61 bits per heavy atom. The quantitative estimate of drug-likeness (QED) is 0.848. The standard InChI is InChI=1S/C13H16ClN3O/c14-11-3-1-2-4-12(11)15-13(18)17-9-10-5-7-16(17)8-6-10/h1-4,10H,5-9H2,(H,15,18). The van der Waals surface area contributed by atoms with Crippen LogP contribution in [0.3, 0.4) is 0 Å². The number of hydrogen-bond acceptors (Lipinski definition) is 2. The Hall–Kier alpha value is -1.26. The summed E-state index contributed by atoms with van der Waals surface area (Å²) in [6.45, 7) is 2.80. The second kappa shape index (κ2) is 4.78. The van der Waals surface area contributed by atoms with Crippen LogP contribution in [0.1, 0.15) is 12.8 Å². The fraction of sp³-hybridized carbons (Fsp3) is 0.462. The van der Waals surface area contributed by atoms with Crippen molar-refractivity contribution in [3.63, 3.8) is 0 Å². The van der Waals surface area contributed by atoms with Crippen molar-refractivity contribution in [2.45, 2.75) is 12.8 Å². The number of hydrogen-bond donors (Lipinski definition) is 1. The van der Waals surface area contributed by atoms with Crippen molar-refractivity contribution in [2.75, 3.05) is 25.0 Å². The molecule has 18 heavy (non-hydrogen) atoms. The van der Waals surface area contributed by atoms with Crippen LogP contribution in [0.2, 0.25) is 5.02 Å². The summed E-state index contributed by atoms with van der Waals surface area (Å²) >= 11 is 6.04. The molecule has 3 saturated heterocycles. The van der Waals surface area contributed by atoms with E-state index in [2.05, 4.69) is 10.3 Å². The first-order valence-electron chi connectivity index (χ1n) is 6.32. The van der Waals surface area contributed by atoms with Gasteiger partial charge < -0.3 is 5.32 Å². The molecule has 2 amide bonds. The average Bonchev–Trinajstić information content (AvgIpc) is 2.42. The number of rotatable bonds is 1. The van der Waals surface area contributed by atoms with E-state index in [1.165, 1.54) is 12.8 Å². The SMILES string of the molecule is O=C(Nc1ccccc1Cl)N1CC2CCN1CC2. The van der Waals surface area contributed by atoms with Gasteiger partial charge in [-0.3, -0.25) is 5.01 Å². The largest absolute Gasteiger partial charge is 0.336 e. The fourth-order valence-electron chi connectivity index (χ4n) is 2.66. The van der Waals surface area contributed by atoms with Gasteiger partial charge in [0.1, 0.15) is 0 Å². The lowest BCUT2D eigenvalue weighted by molar-refractivity contribution is -0.0698. The highest BCUT2D eigenvalue weighted by molar-refractivity contribution is 6.33. The van der Waals surface area contributed by atoms with Gasteiger partial charge in [-0.05, 0) is 30.9 Å². The molecule has 5 heteroatoms. The molecule has 3 aliphatic heterocycles. The molecule has 1 aromatic rings. The van der Waals surface area contributed by atoms with Gasteiger partial charge in [0.15, 0.2) is 0 Å². The van der Waals surface area contributed by atoms with Crippen LogP contribution in [0.15, 0.2) is 24.3 Å². The van der Waals surface area contributed by atoms with Gasteiger partial charge in [0, 0.05) is 19.6 Å². The summed E-state index contributed by atoms with van der Waals surface area (Å²) in [4.78, 5) is 12.2. The molecule has 4 rings (SSSR count). The van der Waals surface area contributed by atoms with Crippen molar-refractivity contribution in [3.8, 4) is 0 Å². The third-order valence-corrected chi connectivity index (χ3v) is 4.04. The second-order valence-corrected chi connectivity index (χ2v) is 5.30. The average molecular weight is 266 g/mol. The number of hydrazine groups is 1. The van der Waals surface area contributed by atoms with Crippen LogP contribution in [0.4, 0.5) is 10.5 Å². The van der Waals surface area contributed by atoms with Crippen molar-refractivity contribution in [2.24, 2.45) is 5.92 Å². The second-order valence-electron chi connectivity index (χ2n) is 4.89. The Kier molecular flexibility index (Phi) is 3.14. The van der Waals surface area contributed by atoms with Crippen molar-refractivity contribution in [3.05, 3.63) is 29.3 Å². The van der Waals surface area contributed by atoms with Crippen molar-refractivity contribution < 1.29 is 4.79 Å². The third-order valence-electron chi connectivity index (χ3n) is 3.71. The summed E-state index contributed by atoms with van der Waals surface area (Å²) in [5.41, 5.74) is 0.673. The monoisotopic (exact) mass is 265 g/mol. The van der Waals surface area contributed by atoms with E-state index < -0.39 is 0 Å². The summed E-state index contributed by atoms with van der Waals surface area (Å²) in [5, 5.41) is 7.40. The summed E-state index contributed by atoms with van der Waals surface area (Å²) in [7, 11) is 0. The number of halogens is 1. The highest BCUT2D eigenvalue weighted by Gasteiger charge is 2.34. The molecule has 4 nitrogen and oxygen atoms in total. The number of piperidine rings is 1. The molecule has 96 valence electrons. The van der Waals surface area contributed by atoms with Gasteiger partial charge in [-0.1, -0.05) is 23.7 Å². The van der Waals surface area contributed by atoms with E-state index >= 15 is 0 Å². The molecule has 0 aromatic heterocycles. The van der Waals surface area contributed by atoms with Crippen LogP contribution in [0, 0.1) is 5.92 Å². The summed E-state index contributed by atoms with van der Waals surface area (Å²) in [6, 6.07) is 7.24. The van der Waals surface area contributed by atoms with Crippen molar-refractivity contribution in [1.82, 2.24) is 10.0 Å². The normalized spacial score (nSPS) is 26.2. The zero-order valence-corrected chi connectivity index (χ0v) is 10.9. The Balaban J connectivity index is 1.70. The van der Waals surface area contributed by atoms with Gasteiger partial charge in [-0.2, -0.15) is 0 Å². The maximum atomic E-state index is 12.2. The molecule has 1 N–H and O–H groups in total. The minimum Gasteiger partial charge on any atom is -0.305 e. The number of para-hydroxylation sites is 1. The molecule has 0 atom stereocenters. The number of carbonyl (C=O) groups excluding carboxylic acids is 1. The number of nitrogens with zero attached hydrogens (tertiary/aromatic N) is 2. The highest BCUT2D eigenvalue weighted by Crippen LogP contribution is 2.28. The summed E-state index contributed by atoms with van der Waals surface area (Å²) < 4.78 is 0. The van der Waals surface area contributed by atoms with Crippen molar-refractivity contribution in [1.29, 1.82) is 0 Å². The molecule has 3 aliphatic rings. The van der Waals surface area contributed by atoms with E-state index in [-0.39, 0.29) is 6.03 Å². The van der Waals surface area contributed by atoms with E-state index in [9.17, 15) is 4.79 Å². The maximum absolute atomic E-state index is 12.2. The van der Waals surface area contributed by atoms with E-state index in [1.807, 2.05) is 23.2 Å². The van der Waals surface area contributed by atoms with Gasteiger partial charge in [0.05, 0.1) is 10.7 Å². The first-order valence-corrected chi connectivity index (χ1v) is 6.70. The Morgan fingerprint density at radius 1 is 1.28 bits per heavy atom. The van der Waals surface area contributed by atoms with Gasteiger partial charge in [0.25, 0.3) is 0 Å². The van der Waals surface area contributed by atoms with Crippen molar-refractivity contribution >= 4 is 23.3 Å². The topological polar surface area (TPSA) is 35.6 Å². The first-order chi connectivity index (χ1) is 8.74. The van der Waals surface area contributed by atoms with Gasteiger partial charge in [0.2, 0.25) is 0 Å². The summed E-state index contributed by atoms with van der Waals surface area (Å²) in [6.07, 6.45) is 2.41. The smallest absolute Gasteiger partial charge is 0.305 e. The minimum atomic E-state index is -0.0764. The van der Waals surface area contributed by atoms with Crippen LogP contribution in [-0.2, 0) is 0 Å². The number of fused-ring (bicyclic) bond motifs is 3. The molecule has 0 unspecified atom stereocenters. The van der Waals surface area contributed by atoms with Crippen LogP contribution in [-0.4, -0.2) is 35.7 Å². The molecular weight excluding hydrogens is 250 g/mol. The lowest BCUT2D eigenvalue weighted by Gasteiger charge is -2.47. The van der Waals surface area contributed by atoms with Crippen LogP contribution < -0.4 is 5.32 Å².